The predicted molar refractivity (Wildman–Crippen MR) is 99.8 cm³/mol. The van der Waals surface area contributed by atoms with E-state index in [1.165, 1.54) is 10.2 Å². The Morgan fingerprint density at radius 2 is 2.00 bits per heavy atom. The topological polar surface area (TPSA) is 90.9 Å². The smallest absolute Gasteiger partial charge is 0.244 e. The van der Waals surface area contributed by atoms with Gasteiger partial charge in [-0.1, -0.05) is 36.4 Å². The van der Waals surface area contributed by atoms with Gasteiger partial charge in [0.25, 0.3) is 0 Å². The van der Waals surface area contributed by atoms with Crippen LogP contribution in [0.1, 0.15) is 16.8 Å². The summed E-state index contributed by atoms with van der Waals surface area (Å²) in [6.07, 6.45) is 4.89. The van der Waals surface area contributed by atoms with Gasteiger partial charge in [0.15, 0.2) is 5.65 Å². The Morgan fingerprint density at radius 1 is 1.28 bits per heavy atom. The molecular weight excluding hydrogens is 360 g/mol. The third-order valence-corrected chi connectivity index (χ3v) is 5.57. The molecule has 0 fully saturated rings. The van der Waals surface area contributed by atoms with E-state index < -0.39 is 10.0 Å². The highest BCUT2D eigenvalue weighted by atomic mass is 35.5. The van der Waals surface area contributed by atoms with Gasteiger partial charge in [-0.15, -0.1) is 0 Å². The fourth-order valence-corrected chi connectivity index (χ4v) is 4.09. The number of aryl methyl sites for hydroxylation is 1. The van der Waals surface area contributed by atoms with Gasteiger partial charge in [-0.3, -0.25) is 0 Å². The summed E-state index contributed by atoms with van der Waals surface area (Å²) in [6.45, 7) is 2.19. The standard InChI is InChI=1S/C17H17ClN4O2S/c1-12-9-15-11-20-17(18)21-16(15)22(12)25(23,24)8-2-3-13-4-6-14(10-19)7-5-13/h2-7,9,11H,8,10,19H2,1H3. The van der Waals surface area contributed by atoms with Crippen molar-refractivity contribution in [3.05, 3.63) is 64.7 Å². The van der Waals surface area contributed by atoms with Crippen molar-refractivity contribution < 1.29 is 8.42 Å². The lowest BCUT2D eigenvalue weighted by atomic mass is 10.1. The molecule has 0 bridgehead atoms. The molecule has 0 aliphatic rings. The summed E-state index contributed by atoms with van der Waals surface area (Å²) < 4.78 is 26.6. The van der Waals surface area contributed by atoms with Crippen molar-refractivity contribution in [2.24, 2.45) is 5.73 Å². The number of nitrogens with zero attached hydrogens (tertiary/aromatic N) is 3. The Balaban J connectivity index is 1.88. The van der Waals surface area contributed by atoms with E-state index in [1.807, 2.05) is 24.3 Å². The van der Waals surface area contributed by atoms with E-state index in [0.717, 1.165) is 11.1 Å². The third-order valence-electron chi connectivity index (χ3n) is 3.75. The van der Waals surface area contributed by atoms with Crippen LogP contribution >= 0.6 is 11.6 Å². The van der Waals surface area contributed by atoms with Crippen LogP contribution in [0.25, 0.3) is 17.1 Å². The minimum Gasteiger partial charge on any atom is -0.326 e. The average molecular weight is 377 g/mol. The largest absolute Gasteiger partial charge is 0.326 e. The summed E-state index contributed by atoms with van der Waals surface area (Å²) >= 11 is 5.81. The molecule has 3 aromatic rings. The van der Waals surface area contributed by atoms with Gasteiger partial charge in [-0.05, 0) is 35.7 Å². The molecule has 0 spiro atoms. The summed E-state index contributed by atoms with van der Waals surface area (Å²) in [4.78, 5) is 7.93. The summed E-state index contributed by atoms with van der Waals surface area (Å²) in [6, 6.07) is 9.34. The van der Waals surface area contributed by atoms with Crippen molar-refractivity contribution in [1.29, 1.82) is 0 Å². The van der Waals surface area contributed by atoms with E-state index in [1.54, 1.807) is 25.1 Å². The summed E-state index contributed by atoms with van der Waals surface area (Å²) in [5.41, 5.74) is 8.35. The number of hydrogen-bond donors (Lipinski definition) is 1. The molecule has 8 heteroatoms. The molecule has 1 aromatic carbocycles. The van der Waals surface area contributed by atoms with Gasteiger partial charge >= 0.3 is 0 Å². The molecule has 0 saturated carbocycles. The zero-order chi connectivity index (χ0) is 18.0. The quantitative estimate of drug-likeness (QED) is 0.691. The molecular formula is C17H17ClN4O2S. The monoisotopic (exact) mass is 376 g/mol. The van der Waals surface area contributed by atoms with Crippen molar-refractivity contribution in [2.75, 3.05) is 5.75 Å². The van der Waals surface area contributed by atoms with Gasteiger partial charge in [-0.25, -0.2) is 17.4 Å². The van der Waals surface area contributed by atoms with E-state index >= 15 is 0 Å². The Bertz CT molecular complexity index is 1040. The zero-order valence-corrected chi connectivity index (χ0v) is 15.1. The lowest BCUT2D eigenvalue weighted by Crippen LogP contribution is -2.17. The number of hydrogen-bond acceptors (Lipinski definition) is 5. The highest BCUT2D eigenvalue weighted by Gasteiger charge is 2.19. The summed E-state index contributed by atoms with van der Waals surface area (Å²) in [7, 11) is -3.61. The van der Waals surface area contributed by atoms with Crippen LogP contribution < -0.4 is 5.73 Å². The number of fused-ring (bicyclic) bond motifs is 1. The maximum Gasteiger partial charge on any atom is 0.244 e. The molecule has 2 aromatic heterocycles. The van der Waals surface area contributed by atoms with Gasteiger partial charge < -0.3 is 5.73 Å². The van der Waals surface area contributed by atoms with E-state index in [2.05, 4.69) is 9.97 Å². The zero-order valence-electron chi connectivity index (χ0n) is 13.6. The molecule has 3 rings (SSSR count). The van der Waals surface area contributed by atoms with Crippen LogP contribution in [0.2, 0.25) is 5.28 Å². The van der Waals surface area contributed by atoms with Crippen LogP contribution in [0.15, 0.2) is 42.6 Å². The number of halogens is 1. The number of aromatic nitrogens is 3. The molecule has 130 valence electrons. The second-order valence-electron chi connectivity index (χ2n) is 5.59. The Hall–Kier alpha value is -2.22. The third kappa shape index (κ3) is 3.73. The second kappa shape index (κ2) is 6.95. The molecule has 25 heavy (non-hydrogen) atoms. The van der Waals surface area contributed by atoms with Crippen molar-refractivity contribution in [3.63, 3.8) is 0 Å². The first-order chi connectivity index (χ1) is 11.9. The highest BCUT2D eigenvalue weighted by Crippen LogP contribution is 2.21. The number of rotatable bonds is 5. The minimum absolute atomic E-state index is 0.0117. The minimum atomic E-state index is -3.61. The fourth-order valence-electron chi connectivity index (χ4n) is 2.57. The van der Waals surface area contributed by atoms with Crippen molar-refractivity contribution in [3.8, 4) is 0 Å². The predicted octanol–water partition coefficient (Wildman–Crippen LogP) is 2.74. The molecule has 0 aliphatic carbocycles. The molecule has 0 saturated heterocycles. The highest BCUT2D eigenvalue weighted by molar-refractivity contribution is 7.90. The molecule has 2 N–H and O–H groups in total. The second-order valence-corrected chi connectivity index (χ2v) is 7.80. The van der Waals surface area contributed by atoms with E-state index in [-0.39, 0.29) is 16.7 Å². The SMILES string of the molecule is Cc1cc2cnc(Cl)nc2n1S(=O)(=O)CC=Cc1ccc(CN)cc1. The molecule has 0 atom stereocenters. The Labute approximate surface area is 151 Å². The molecule has 2 heterocycles. The normalized spacial score (nSPS) is 12.3. The van der Waals surface area contributed by atoms with Crippen LogP contribution in [0.5, 0.6) is 0 Å². The van der Waals surface area contributed by atoms with Gasteiger partial charge in [-0.2, -0.15) is 4.98 Å². The van der Waals surface area contributed by atoms with Crippen LogP contribution in [0, 0.1) is 6.92 Å². The van der Waals surface area contributed by atoms with Crippen LogP contribution in [0.4, 0.5) is 0 Å². The first kappa shape index (κ1) is 17.6. The van der Waals surface area contributed by atoms with Crippen molar-refractivity contribution in [2.45, 2.75) is 13.5 Å². The van der Waals surface area contributed by atoms with E-state index in [0.29, 0.717) is 17.6 Å². The van der Waals surface area contributed by atoms with Gasteiger partial charge in [0.05, 0.1) is 5.75 Å². The summed E-state index contributed by atoms with van der Waals surface area (Å²) in [5, 5.41) is 0.643. The molecule has 0 unspecified atom stereocenters. The summed E-state index contributed by atoms with van der Waals surface area (Å²) in [5.74, 6) is -0.155. The average Bonchev–Trinajstić information content (AvgIpc) is 2.91. The maximum atomic E-state index is 12.7. The molecule has 0 aliphatic heterocycles. The fraction of sp³-hybridized carbons (Fsp3) is 0.176. The lowest BCUT2D eigenvalue weighted by molar-refractivity contribution is 0.590. The number of benzene rings is 1. The van der Waals surface area contributed by atoms with Crippen LogP contribution in [-0.2, 0) is 16.6 Å². The first-order valence-electron chi connectivity index (χ1n) is 7.60. The van der Waals surface area contributed by atoms with Crippen molar-refractivity contribution >= 4 is 38.7 Å². The van der Waals surface area contributed by atoms with Gasteiger partial charge in [0.1, 0.15) is 0 Å². The van der Waals surface area contributed by atoms with Crippen LogP contribution in [-0.4, -0.2) is 28.1 Å². The molecule has 0 radical (unpaired) electrons. The Kier molecular flexibility index (Phi) is 4.89. The maximum absolute atomic E-state index is 12.7. The van der Waals surface area contributed by atoms with Gasteiger partial charge in [0, 0.05) is 23.8 Å². The van der Waals surface area contributed by atoms with E-state index in [4.69, 9.17) is 17.3 Å². The van der Waals surface area contributed by atoms with Crippen molar-refractivity contribution in [1.82, 2.24) is 13.9 Å². The van der Waals surface area contributed by atoms with E-state index in [9.17, 15) is 8.42 Å². The van der Waals surface area contributed by atoms with Gasteiger partial charge in [0.2, 0.25) is 15.3 Å². The molecule has 0 amide bonds. The number of nitrogens with two attached hydrogens (primary N) is 1. The first-order valence-corrected chi connectivity index (χ1v) is 9.59. The lowest BCUT2D eigenvalue weighted by Gasteiger charge is -2.07. The Morgan fingerprint density at radius 3 is 2.68 bits per heavy atom. The molecule has 6 nitrogen and oxygen atoms in total. The van der Waals surface area contributed by atoms with Crippen LogP contribution in [0.3, 0.4) is 0 Å².